The molecule has 1 aliphatic carbocycles. The maximum absolute atomic E-state index is 12.4. The number of hydrogen-bond acceptors (Lipinski definition) is 2. The van der Waals surface area contributed by atoms with E-state index in [1.54, 1.807) is 4.90 Å². The molecule has 1 aliphatic heterocycles. The Balaban J connectivity index is 2.06. The lowest BCUT2D eigenvalue weighted by Crippen LogP contribution is -2.60. The highest BCUT2D eigenvalue weighted by atomic mass is 16.2. The standard InChI is InChI=1S/C14H22N2O2/c1-10(2)8-16-9-12(17)15-13(14(16)18)11-6-4-3-5-7-11/h11,13H,1,3-9H2,2H3,(H,15,17). The van der Waals surface area contributed by atoms with Gasteiger partial charge in [-0.1, -0.05) is 31.4 Å². The molecule has 100 valence electrons. The average molecular weight is 250 g/mol. The topological polar surface area (TPSA) is 49.4 Å². The highest BCUT2D eigenvalue weighted by molar-refractivity contribution is 5.95. The van der Waals surface area contributed by atoms with Crippen molar-refractivity contribution in [2.24, 2.45) is 5.92 Å². The lowest BCUT2D eigenvalue weighted by Gasteiger charge is -2.37. The second-order valence-electron chi connectivity index (χ2n) is 5.59. The van der Waals surface area contributed by atoms with E-state index in [0.717, 1.165) is 18.4 Å². The Morgan fingerprint density at radius 2 is 2.00 bits per heavy atom. The van der Waals surface area contributed by atoms with Crippen molar-refractivity contribution in [1.82, 2.24) is 10.2 Å². The van der Waals surface area contributed by atoms with Gasteiger partial charge in [0.05, 0.1) is 6.54 Å². The molecular formula is C14H22N2O2. The van der Waals surface area contributed by atoms with Crippen molar-refractivity contribution in [3.05, 3.63) is 12.2 Å². The molecule has 1 heterocycles. The van der Waals surface area contributed by atoms with Crippen LogP contribution in [0.25, 0.3) is 0 Å². The molecule has 2 rings (SSSR count). The number of rotatable bonds is 3. The molecule has 1 atom stereocenters. The van der Waals surface area contributed by atoms with Crippen LogP contribution in [-0.4, -0.2) is 35.8 Å². The van der Waals surface area contributed by atoms with Gasteiger partial charge in [-0.15, -0.1) is 0 Å². The van der Waals surface area contributed by atoms with Crippen molar-refractivity contribution in [2.45, 2.75) is 45.1 Å². The van der Waals surface area contributed by atoms with Crippen LogP contribution in [-0.2, 0) is 9.59 Å². The van der Waals surface area contributed by atoms with Gasteiger partial charge in [0.25, 0.3) is 0 Å². The Morgan fingerprint density at radius 1 is 1.33 bits per heavy atom. The molecule has 0 aromatic rings. The van der Waals surface area contributed by atoms with Crippen molar-refractivity contribution in [2.75, 3.05) is 13.1 Å². The molecule has 1 saturated carbocycles. The normalized spacial score (nSPS) is 26.1. The summed E-state index contributed by atoms with van der Waals surface area (Å²) in [7, 11) is 0. The summed E-state index contributed by atoms with van der Waals surface area (Å²) >= 11 is 0. The Labute approximate surface area is 108 Å². The van der Waals surface area contributed by atoms with Crippen LogP contribution in [0, 0.1) is 5.92 Å². The first-order valence-corrected chi connectivity index (χ1v) is 6.80. The molecule has 2 aliphatic rings. The van der Waals surface area contributed by atoms with Crippen molar-refractivity contribution in [3.8, 4) is 0 Å². The van der Waals surface area contributed by atoms with Gasteiger partial charge in [0.1, 0.15) is 6.04 Å². The molecule has 1 N–H and O–H groups in total. The molecule has 0 radical (unpaired) electrons. The number of hydrogen-bond donors (Lipinski definition) is 1. The van der Waals surface area contributed by atoms with Crippen LogP contribution >= 0.6 is 0 Å². The zero-order valence-electron chi connectivity index (χ0n) is 11.1. The van der Waals surface area contributed by atoms with E-state index < -0.39 is 0 Å². The lowest BCUT2D eigenvalue weighted by molar-refractivity contribution is -0.145. The van der Waals surface area contributed by atoms with Gasteiger partial charge in [-0.2, -0.15) is 0 Å². The second kappa shape index (κ2) is 5.55. The minimum absolute atomic E-state index is 0.0357. The van der Waals surface area contributed by atoms with Gasteiger partial charge < -0.3 is 10.2 Å². The zero-order chi connectivity index (χ0) is 13.1. The SMILES string of the molecule is C=C(C)CN1CC(=O)NC(C2CCCCC2)C1=O. The predicted octanol–water partition coefficient (Wildman–Crippen LogP) is 1.47. The van der Waals surface area contributed by atoms with Gasteiger partial charge in [-0.3, -0.25) is 9.59 Å². The van der Waals surface area contributed by atoms with Crippen LogP contribution in [0.3, 0.4) is 0 Å². The van der Waals surface area contributed by atoms with Crippen molar-refractivity contribution < 1.29 is 9.59 Å². The van der Waals surface area contributed by atoms with E-state index in [-0.39, 0.29) is 24.4 Å². The molecule has 1 unspecified atom stereocenters. The predicted molar refractivity (Wildman–Crippen MR) is 69.9 cm³/mol. The largest absolute Gasteiger partial charge is 0.342 e. The maximum atomic E-state index is 12.4. The van der Waals surface area contributed by atoms with E-state index in [0.29, 0.717) is 12.5 Å². The highest BCUT2D eigenvalue weighted by Gasteiger charge is 2.37. The van der Waals surface area contributed by atoms with Gasteiger partial charge >= 0.3 is 0 Å². The molecule has 4 heteroatoms. The number of carbonyl (C=O) groups excluding carboxylic acids is 2. The summed E-state index contributed by atoms with van der Waals surface area (Å²) in [6.07, 6.45) is 5.70. The highest BCUT2D eigenvalue weighted by Crippen LogP contribution is 2.28. The molecule has 0 aromatic heterocycles. The average Bonchev–Trinajstić information content (AvgIpc) is 2.34. The van der Waals surface area contributed by atoms with E-state index in [1.807, 2.05) is 6.92 Å². The zero-order valence-corrected chi connectivity index (χ0v) is 11.1. The monoisotopic (exact) mass is 250 g/mol. The van der Waals surface area contributed by atoms with E-state index >= 15 is 0 Å². The first-order chi connectivity index (χ1) is 8.58. The Morgan fingerprint density at radius 3 is 2.61 bits per heavy atom. The Kier molecular flexibility index (Phi) is 4.04. The summed E-state index contributed by atoms with van der Waals surface area (Å²) in [5.41, 5.74) is 0.917. The van der Waals surface area contributed by atoms with Crippen LogP contribution in [0.5, 0.6) is 0 Å². The van der Waals surface area contributed by atoms with E-state index in [1.165, 1.54) is 19.3 Å². The molecule has 1 saturated heterocycles. The minimum atomic E-state index is -0.300. The fraction of sp³-hybridized carbons (Fsp3) is 0.714. The van der Waals surface area contributed by atoms with E-state index in [9.17, 15) is 9.59 Å². The fourth-order valence-electron chi connectivity index (χ4n) is 2.98. The van der Waals surface area contributed by atoms with Crippen LogP contribution < -0.4 is 5.32 Å². The number of carbonyl (C=O) groups is 2. The molecule has 2 fully saturated rings. The third kappa shape index (κ3) is 2.92. The first-order valence-electron chi connectivity index (χ1n) is 6.80. The third-order valence-corrected chi connectivity index (χ3v) is 3.81. The number of nitrogens with one attached hydrogen (secondary N) is 1. The Bertz CT molecular complexity index is 357. The van der Waals surface area contributed by atoms with Crippen molar-refractivity contribution in [1.29, 1.82) is 0 Å². The van der Waals surface area contributed by atoms with Gasteiger partial charge in [0.15, 0.2) is 0 Å². The molecule has 0 aromatic carbocycles. The van der Waals surface area contributed by atoms with Crippen LogP contribution in [0.15, 0.2) is 12.2 Å². The number of amides is 2. The lowest BCUT2D eigenvalue weighted by atomic mass is 9.82. The molecule has 4 nitrogen and oxygen atoms in total. The van der Waals surface area contributed by atoms with Gasteiger partial charge in [-0.05, 0) is 25.7 Å². The Hall–Kier alpha value is -1.32. The maximum Gasteiger partial charge on any atom is 0.246 e. The number of nitrogens with zero attached hydrogens (tertiary/aromatic N) is 1. The molecule has 18 heavy (non-hydrogen) atoms. The van der Waals surface area contributed by atoms with Crippen LogP contribution in [0.4, 0.5) is 0 Å². The fourth-order valence-corrected chi connectivity index (χ4v) is 2.98. The summed E-state index contributed by atoms with van der Waals surface area (Å²) in [5, 5.41) is 2.88. The molecular weight excluding hydrogens is 228 g/mol. The van der Waals surface area contributed by atoms with Crippen LogP contribution in [0.1, 0.15) is 39.0 Å². The summed E-state index contributed by atoms with van der Waals surface area (Å²) < 4.78 is 0. The van der Waals surface area contributed by atoms with Crippen molar-refractivity contribution in [3.63, 3.8) is 0 Å². The summed E-state index contributed by atoms with van der Waals surface area (Å²) in [5.74, 6) is 0.360. The smallest absolute Gasteiger partial charge is 0.246 e. The van der Waals surface area contributed by atoms with Gasteiger partial charge in [-0.25, -0.2) is 0 Å². The van der Waals surface area contributed by atoms with E-state index in [2.05, 4.69) is 11.9 Å². The summed E-state index contributed by atoms with van der Waals surface area (Å²) in [6.45, 7) is 6.38. The quantitative estimate of drug-likeness (QED) is 0.771. The molecule has 0 spiro atoms. The molecule has 0 bridgehead atoms. The van der Waals surface area contributed by atoms with E-state index in [4.69, 9.17) is 0 Å². The van der Waals surface area contributed by atoms with Gasteiger partial charge in [0, 0.05) is 6.54 Å². The second-order valence-corrected chi connectivity index (χ2v) is 5.59. The van der Waals surface area contributed by atoms with Crippen molar-refractivity contribution >= 4 is 11.8 Å². The number of piperazine rings is 1. The van der Waals surface area contributed by atoms with Gasteiger partial charge in [0.2, 0.25) is 11.8 Å². The first kappa shape index (κ1) is 13.1. The summed E-state index contributed by atoms with van der Waals surface area (Å²) in [6, 6.07) is -0.300. The van der Waals surface area contributed by atoms with Crippen LogP contribution in [0.2, 0.25) is 0 Å². The third-order valence-electron chi connectivity index (χ3n) is 3.81. The molecule has 2 amide bonds. The summed E-state index contributed by atoms with van der Waals surface area (Å²) in [4.78, 5) is 25.7. The minimum Gasteiger partial charge on any atom is -0.342 e.